The summed E-state index contributed by atoms with van der Waals surface area (Å²) < 4.78 is 12.7. The molecule has 0 saturated carbocycles. The Kier molecular flexibility index (Phi) is 8.49. The lowest BCUT2D eigenvalue weighted by Crippen LogP contribution is -2.54. The van der Waals surface area contributed by atoms with Crippen molar-refractivity contribution in [2.45, 2.75) is 79.3 Å². The van der Waals surface area contributed by atoms with Crippen molar-refractivity contribution in [3.8, 4) is 0 Å². The molecule has 2 nitrogen and oxygen atoms in total. The molecule has 1 atom stereocenters. The Balaban J connectivity index is 5.36. The minimum atomic E-state index is -2.19. The van der Waals surface area contributed by atoms with E-state index in [9.17, 15) is 0 Å². The Hall–Kier alpha value is 0.137. The number of hydrogen-bond donors (Lipinski definition) is 0. The van der Waals surface area contributed by atoms with E-state index in [2.05, 4.69) is 55.4 Å². The molecule has 0 aliphatic carbocycles. The summed E-state index contributed by atoms with van der Waals surface area (Å²) >= 11 is 0. The van der Waals surface area contributed by atoms with Gasteiger partial charge < -0.3 is 8.85 Å². The molecule has 0 spiro atoms. The Morgan fingerprint density at radius 3 is 1.74 bits per heavy atom. The minimum Gasteiger partial charge on any atom is -0.394 e. The van der Waals surface area contributed by atoms with Crippen LogP contribution in [0.5, 0.6) is 0 Å². The van der Waals surface area contributed by atoms with Crippen LogP contribution < -0.4 is 0 Å². The number of rotatable bonds is 10. The van der Waals surface area contributed by atoms with Gasteiger partial charge in [-0.3, -0.25) is 0 Å². The van der Waals surface area contributed by atoms with Crippen LogP contribution in [0.3, 0.4) is 0 Å². The average molecular weight is 289 g/mol. The van der Waals surface area contributed by atoms with Crippen LogP contribution in [0.1, 0.15) is 68.2 Å². The fourth-order valence-electron chi connectivity index (χ4n) is 2.97. The van der Waals surface area contributed by atoms with Crippen molar-refractivity contribution in [1.29, 1.82) is 0 Å². The van der Waals surface area contributed by atoms with Gasteiger partial charge in [-0.2, -0.15) is 0 Å². The molecule has 116 valence electrons. The summed E-state index contributed by atoms with van der Waals surface area (Å²) in [6, 6.07) is 1.09. The highest BCUT2D eigenvalue weighted by Gasteiger charge is 2.54. The standard InChI is InChI=1S/C16H36O2Si/c1-9-12-15(6)16(7,8)19(17-10-2,18-11-3)13-14(4)5/h14-15H,9-13H2,1-8H3. The second-order valence-corrected chi connectivity index (χ2v) is 10.4. The van der Waals surface area contributed by atoms with E-state index in [0.29, 0.717) is 11.8 Å². The zero-order valence-corrected chi connectivity index (χ0v) is 15.5. The molecule has 0 aromatic heterocycles. The van der Waals surface area contributed by atoms with E-state index in [1.165, 1.54) is 12.8 Å². The molecule has 0 fully saturated rings. The normalized spacial score (nSPS) is 15.0. The van der Waals surface area contributed by atoms with Crippen molar-refractivity contribution in [3.63, 3.8) is 0 Å². The lowest BCUT2D eigenvalue weighted by molar-refractivity contribution is 0.137. The molecule has 0 aromatic rings. The van der Waals surface area contributed by atoms with Crippen LogP contribution in [0.25, 0.3) is 0 Å². The molecule has 3 heteroatoms. The Morgan fingerprint density at radius 1 is 0.947 bits per heavy atom. The van der Waals surface area contributed by atoms with Gasteiger partial charge in [0.1, 0.15) is 0 Å². The summed E-state index contributed by atoms with van der Waals surface area (Å²) in [7, 11) is -2.19. The van der Waals surface area contributed by atoms with Gasteiger partial charge >= 0.3 is 8.56 Å². The molecule has 0 saturated heterocycles. The van der Waals surface area contributed by atoms with Crippen LogP contribution in [0, 0.1) is 11.8 Å². The third kappa shape index (κ3) is 4.87. The van der Waals surface area contributed by atoms with E-state index in [1.54, 1.807) is 0 Å². The van der Waals surface area contributed by atoms with E-state index < -0.39 is 8.56 Å². The molecule has 0 bridgehead atoms. The van der Waals surface area contributed by atoms with Crippen LogP contribution in [0.4, 0.5) is 0 Å². The zero-order valence-electron chi connectivity index (χ0n) is 14.5. The largest absolute Gasteiger partial charge is 0.394 e. The smallest absolute Gasteiger partial charge is 0.344 e. The molecule has 0 N–H and O–H groups in total. The van der Waals surface area contributed by atoms with Gasteiger partial charge in [0.25, 0.3) is 0 Å². The topological polar surface area (TPSA) is 18.5 Å². The molecular formula is C16H36O2Si. The zero-order chi connectivity index (χ0) is 15.1. The second kappa shape index (κ2) is 8.43. The van der Waals surface area contributed by atoms with E-state index in [1.807, 2.05) is 0 Å². The molecule has 0 rings (SSSR count). The summed E-state index contributed by atoms with van der Waals surface area (Å²) in [4.78, 5) is 0. The van der Waals surface area contributed by atoms with Gasteiger partial charge in [-0.1, -0.05) is 54.4 Å². The van der Waals surface area contributed by atoms with Crippen LogP contribution in [0.15, 0.2) is 0 Å². The van der Waals surface area contributed by atoms with Crippen molar-refractivity contribution in [1.82, 2.24) is 0 Å². The van der Waals surface area contributed by atoms with Crippen molar-refractivity contribution >= 4 is 8.56 Å². The van der Waals surface area contributed by atoms with Gasteiger partial charge in [0.2, 0.25) is 0 Å². The fourth-order valence-corrected chi connectivity index (χ4v) is 7.46. The van der Waals surface area contributed by atoms with Crippen molar-refractivity contribution in [3.05, 3.63) is 0 Å². The maximum absolute atomic E-state index is 6.33. The molecule has 0 heterocycles. The van der Waals surface area contributed by atoms with E-state index in [4.69, 9.17) is 8.85 Å². The summed E-state index contributed by atoms with van der Waals surface area (Å²) in [5.74, 6) is 1.26. The van der Waals surface area contributed by atoms with E-state index in [0.717, 1.165) is 19.3 Å². The molecule has 0 aliphatic heterocycles. The first-order chi connectivity index (χ1) is 8.77. The summed E-state index contributed by atoms with van der Waals surface area (Å²) in [5, 5.41) is 0.152. The molecule has 0 amide bonds. The fraction of sp³-hybridized carbons (Fsp3) is 1.00. The third-order valence-corrected chi connectivity index (χ3v) is 9.69. The highest BCUT2D eigenvalue weighted by atomic mass is 28.4. The van der Waals surface area contributed by atoms with Crippen LogP contribution >= 0.6 is 0 Å². The predicted octanol–water partition coefficient (Wildman–Crippen LogP) is 5.37. The van der Waals surface area contributed by atoms with Crippen molar-refractivity contribution < 1.29 is 8.85 Å². The van der Waals surface area contributed by atoms with Crippen LogP contribution in [0.2, 0.25) is 11.1 Å². The second-order valence-electron chi connectivity index (χ2n) is 6.63. The van der Waals surface area contributed by atoms with E-state index >= 15 is 0 Å². The highest BCUT2D eigenvalue weighted by molar-refractivity contribution is 6.70. The maximum Gasteiger partial charge on any atom is 0.344 e. The first-order valence-corrected chi connectivity index (χ1v) is 10.1. The first kappa shape index (κ1) is 19.1. The summed E-state index contributed by atoms with van der Waals surface area (Å²) in [6.45, 7) is 19.6. The lowest BCUT2D eigenvalue weighted by Gasteiger charge is -2.47. The van der Waals surface area contributed by atoms with Gasteiger partial charge in [0.15, 0.2) is 0 Å². The van der Waals surface area contributed by atoms with Crippen LogP contribution in [-0.4, -0.2) is 21.8 Å². The van der Waals surface area contributed by atoms with Gasteiger partial charge in [0, 0.05) is 18.3 Å². The summed E-state index contributed by atoms with van der Waals surface area (Å²) in [5.41, 5.74) is 0. The third-order valence-electron chi connectivity index (χ3n) is 4.37. The quantitative estimate of drug-likeness (QED) is 0.503. The SMILES string of the molecule is CCCC(C)C(C)(C)[Si](CC(C)C)(OCC)OCC. The predicted molar refractivity (Wildman–Crippen MR) is 86.8 cm³/mol. The lowest BCUT2D eigenvalue weighted by atomic mass is 9.92. The molecule has 0 radical (unpaired) electrons. The monoisotopic (exact) mass is 288 g/mol. The van der Waals surface area contributed by atoms with E-state index in [-0.39, 0.29) is 5.04 Å². The molecular weight excluding hydrogens is 252 g/mol. The maximum atomic E-state index is 6.33. The molecule has 0 aliphatic rings. The van der Waals surface area contributed by atoms with Crippen molar-refractivity contribution in [2.24, 2.45) is 11.8 Å². The Labute approximate surface area is 122 Å². The Morgan fingerprint density at radius 2 is 1.42 bits per heavy atom. The minimum absolute atomic E-state index is 0.152. The van der Waals surface area contributed by atoms with Gasteiger partial charge in [-0.15, -0.1) is 0 Å². The summed E-state index contributed by atoms with van der Waals surface area (Å²) in [6.07, 6.45) is 2.48. The Bertz CT molecular complexity index is 233. The van der Waals surface area contributed by atoms with Crippen LogP contribution in [-0.2, 0) is 8.85 Å². The molecule has 1 unspecified atom stereocenters. The van der Waals surface area contributed by atoms with Gasteiger partial charge in [-0.05, 0) is 31.7 Å². The number of hydrogen-bond acceptors (Lipinski definition) is 2. The van der Waals surface area contributed by atoms with Gasteiger partial charge in [-0.25, -0.2) is 0 Å². The van der Waals surface area contributed by atoms with Crippen molar-refractivity contribution in [2.75, 3.05) is 13.2 Å². The van der Waals surface area contributed by atoms with Gasteiger partial charge in [0.05, 0.1) is 0 Å². The molecule has 19 heavy (non-hydrogen) atoms. The molecule has 0 aromatic carbocycles. The first-order valence-electron chi connectivity index (χ1n) is 8.05. The average Bonchev–Trinajstić information content (AvgIpc) is 2.28. The highest BCUT2D eigenvalue weighted by Crippen LogP contribution is 2.50.